The topological polar surface area (TPSA) is 32.6 Å². The van der Waals surface area contributed by atoms with Crippen LogP contribution in [0.2, 0.25) is 0 Å². The number of imidazole rings is 1. The van der Waals surface area contributed by atoms with E-state index in [1.807, 2.05) is 7.05 Å². The van der Waals surface area contributed by atoms with Gasteiger partial charge < -0.3 is 10.2 Å². The number of nitrogens with one attached hydrogen (secondary N) is 1. The van der Waals surface area contributed by atoms with Crippen molar-refractivity contribution in [1.29, 1.82) is 0 Å². The van der Waals surface area contributed by atoms with E-state index >= 15 is 0 Å². The Morgan fingerprint density at radius 1 is 1.59 bits per heavy atom. The SMILES string of the molecule is CNCc1c(N(C)CC2CC2)nc2sccn12. The van der Waals surface area contributed by atoms with Crippen molar-refractivity contribution in [2.75, 3.05) is 25.5 Å². The van der Waals surface area contributed by atoms with Gasteiger partial charge in [0.25, 0.3) is 0 Å². The fourth-order valence-corrected chi connectivity index (χ4v) is 2.96. The minimum Gasteiger partial charge on any atom is -0.358 e. The Hall–Kier alpha value is -1.07. The van der Waals surface area contributed by atoms with Crippen LogP contribution in [0.15, 0.2) is 11.6 Å². The summed E-state index contributed by atoms with van der Waals surface area (Å²) < 4.78 is 2.19. The predicted molar refractivity (Wildman–Crippen MR) is 71.8 cm³/mol. The zero-order valence-corrected chi connectivity index (χ0v) is 11.1. The van der Waals surface area contributed by atoms with E-state index in [0.29, 0.717) is 0 Å². The second kappa shape index (κ2) is 4.31. The lowest BCUT2D eigenvalue weighted by Crippen LogP contribution is -2.23. The molecule has 3 rings (SSSR count). The monoisotopic (exact) mass is 250 g/mol. The Labute approximate surface area is 105 Å². The quantitative estimate of drug-likeness (QED) is 0.880. The third kappa shape index (κ3) is 2.05. The molecule has 0 spiro atoms. The number of anilines is 1. The highest BCUT2D eigenvalue weighted by molar-refractivity contribution is 7.15. The van der Waals surface area contributed by atoms with Crippen LogP contribution in [0.5, 0.6) is 0 Å². The molecule has 0 atom stereocenters. The van der Waals surface area contributed by atoms with E-state index in [-0.39, 0.29) is 0 Å². The molecular formula is C12H18N4S. The van der Waals surface area contributed by atoms with Gasteiger partial charge >= 0.3 is 0 Å². The summed E-state index contributed by atoms with van der Waals surface area (Å²) in [5.41, 5.74) is 1.27. The minimum atomic E-state index is 0.863. The van der Waals surface area contributed by atoms with Gasteiger partial charge in [0.05, 0.1) is 5.69 Å². The first-order chi connectivity index (χ1) is 8.29. The molecule has 92 valence electrons. The van der Waals surface area contributed by atoms with Gasteiger partial charge in [-0.15, -0.1) is 11.3 Å². The average Bonchev–Trinajstić information content (AvgIpc) is 2.89. The van der Waals surface area contributed by atoms with Crippen LogP contribution in [0, 0.1) is 5.92 Å². The summed E-state index contributed by atoms with van der Waals surface area (Å²) in [7, 11) is 4.14. The molecule has 17 heavy (non-hydrogen) atoms. The third-order valence-electron chi connectivity index (χ3n) is 3.27. The lowest BCUT2D eigenvalue weighted by Gasteiger charge is -2.17. The van der Waals surface area contributed by atoms with Crippen LogP contribution >= 0.6 is 11.3 Å². The summed E-state index contributed by atoms with van der Waals surface area (Å²) >= 11 is 1.70. The Morgan fingerprint density at radius 2 is 2.41 bits per heavy atom. The molecule has 0 radical (unpaired) electrons. The molecule has 0 bridgehead atoms. The highest BCUT2D eigenvalue weighted by Gasteiger charge is 2.25. The van der Waals surface area contributed by atoms with Gasteiger partial charge in [0.2, 0.25) is 0 Å². The number of thiazole rings is 1. The average molecular weight is 250 g/mol. The van der Waals surface area contributed by atoms with Gasteiger partial charge in [-0.05, 0) is 25.8 Å². The first-order valence-electron chi connectivity index (χ1n) is 6.09. The molecule has 1 N–H and O–H groups in total. The first-order valence-corrected chi connectivity index (χ1v) is 6.97. The lowest BCUT2D eigenvalue weighted by atomic mass is 10.3. The number of rotatable bonds is 5. The van der Waals surface area contributed by atoms with Gasteiger partial charge in [-0.2, -0.15) is 0 Å². The smallest absolute Gasteiger partial charge is 0.195 e. The third-order valence-corrected chi connectivity index (χ3v) is 4.03. The van der Waals surface area contributed by atoms with E-state index in [9.17, 15) is 0 Å². The molecule has 5 heteroatoms. The molecule has 4 nitrogen and oxygen atoms in total. The van der Waals surface area contributed by atoms with Gasteiger partial charge in [-0.3, -0.25) is 4.40 Å². The molecule has 2 heterocycles. The maximum absolute atomic E-state index is 4.74. The number of hydrogen-bond donors (Lipinski definition) is 1. The number of hydrogen-bond acceptors (Lipinski definition) is 4. The number of aromatic nitrogens is 2. The van der Waals surface area contributed by atoms with Crippen molar-refractivity contribution in [3.05, 3.63) is 17.3 Å². The Kier molecular flexibility index (Phi) is 2.80. The van der Waals surface area contributed by atoms with Crippen LogP contribution in [0.3, 0.4) is 0 Å². The van der Waals surface area contributed by atoms with Crippen LogP contribution < -0.4 is 10.2 Å². The first kappa shape index (κ1) is 11.0. The lowest BCUT2D eigenvalue weighted by molar-refractivity contribution is 0.748. The summed E-state index contributed by atoms with van der Waals surface area (Å²) in [5, 5.41) is 5.32. The molecule has 1 saturated carbocycles. The van der Waals surface area contributed by atoms with Gasteiger partial charge in [0.15, 0.2) is 10.8 Å². The summed E-state index contributed by atoms with van der Waals surface area (Å²) in [6.45, 7) is 2.00. The zero-order chi connectivity index (χ0) is 11.8. The molecule has 0 saturated heterocycles. The van der Waals surface area contributed by atoms with E-state index in [4.69, 9.17) is 4.98 Å². The van der Waals surface area contributed by atoms with E-state index in [0.717, 1.165) is 29.8 Å². The normalized spacial score (nSPS) is 15.6. The number of fused-ring (bicyclic) bond motifs is 1. The summed E-state index contributed by atoms with van der Waals surface area (Å²) in [6.07, 6.45) is 4.87. The highest BCUT2D eigenvalue weighted by atomic mass is 32.1. The molecule has 1 fully saturated rings. The van der Waals surface area contributed by atoms with Crippen molar-refractivity contribution in [3.63, 3.8) is 0 Å². The minimum absolute atomic E-state index is 0.863. The molecule has 1 aliphatic rings. The zero-order valence-electron chi connectivity index (χ0n) is 10.3. The summed E-state index contributed by atoms with van der Waals surface area (Å²) in [5.74, 6) is 2.03. The summed E-state index contributed by atoms with van der Waals surface area (Å²) in [6, 6.07) is 0. The van der Waals surface area contributed by atoms with Crippen LogP contribution in [0.1, 0.15) is 18.5 Å². The Balaban J connectivity index is 1.94. The van der Waals surface area contributed by atoms with Crippen LogP contribution in [0.4, 0.5) is 5.82 Å². The fourth-order valence-electron chi connectivity index (χ4n) is 2.23. The standard InChI is InChI=1S/C12H18N4S/c1-13-7-10-11(15(2)8-9-3-4-9)14-12-16(10)5-6-17-12/h5-6,9,13H,3-4,7-8H2,1-2H3. The maximum atomic E-state index is 4.74. The van der Waals surface area contributed by atoms with Crippen molar-refractivity contribution in [2.24, 2.45) is 5.92 Å². The van der Waals surface area contributed by atoms with E-state index in [1.165, 1.54) is 18.5 Å². The van der Waals surface area contributed by atoms with Crippen molar-refractivity contribution >= 4 is 22.1 Å². The Morgan fingerprint density at radius 3 is 3.12 bits per heavy atom. The second-order valence-corrected chi connectivity index (χ2v) is 5.66. The molecular weight excluding hydrogens is 232 g/mol. The molecule has 2 aromatic rings. The van der Waals surface area contributed by atoms with Crippen molar-refractivity contribution in [2.45, 2.75) is 19.4 Å². The predicted octanol–water partition coefficient (Wildman–Crippen LogP) is 1.96. The van der Waals surface area contributed by atoms with E-state index in [2.05, 4.69) is 33.2 Å². The fraction of sp³-hybridized carbons (Fsp3) is 0.583. The second-order valence-electron chi connectivity index (χ2n) is 4.79. The van der Waals surface area contributed by atoms with Crippen molar-refractivity contribution in [1.82, 2.24) is 14.7 Å². The summed E-state index contributed by atoms with van der Waals surface area (Å²) in [4.78, 5) is 8.14. The maximum Gasteiger partial charge on any atom is 0.195 e. The van der Waals surface area contributed by atoms with Crippen molar-refractivity contribution in [3.8, 4) is 0 Å². The van der Waals surface area contributed by atoms with Gasteiger partial charge in [-0.1, -0.05) is 0 Å². The van der Waals surface area contributed by atoms with Crippen molar-refractivity contribution < 1.29 is 0 Å². The van der Waals surface area contributed by atoms with E-state index in [1.54, 1.807) is 11.3 Å². The highest BCUT2D eigenvalue weighted by Crippen LogP contribution is 2.32. The van der Waals surface area contributed by atoms with Crippen LogP contribution in [-0.2, 0) is 6.54 Å². The largest absolute Gasteiger partial charge is 0.358 e. The molecule has 0 aliphatic heterocycles. The van der Waals surface area contributed by atoms with Crippen LogP contribution in [0.25, 0.3) is 4.96 Å². The molecule has 0 aromatic carbocycles. The molecule has 0 amide bonds. The van der Waals surface area contributed by atoms with E-state index < -0.39 is 0 Å². The molecule has 2 aromatic heterocycles. The molecule has 0 unspecified atom stereocenters. The molecule has 1 aliphatic carbocycles. The Bertz CT molecular complexity index is 512. The van der Waals surface area contributed by atoms with Gasteiger partial charge in [-0.25, -0.2) is 4.98 Å². The van der Waals surface area contributed by atoms with Gasteiger partial charge in [0, 0.05) is 31.7 Å². The van der Waals surface area contributed by atoms with Crippen LogP contribution in [-0.4, -0.2) is 30.0 Å². The number of nitrogens with zero attached hydrogens (tertiary/aromatic N) is 3. The van der Waals surface area contributed by atoms with Gasteiger partial charge in [0.1, 0.15) is 0 Å².